The monoisotopic (exact) mass is 257 g/mol. The number of nitrogens with two attached hydrogens (primary N) is 1. The van der Waals surface area contributed by atoms with Gasteiger partial charge in [-0.3, -0.25) is 10.7 Å². The van der Waals surface area contributed by atoms with E-state index in [-0.39, 0.29) is 0 Å². The summed E-state index contributed by atoms with van der Waals surface area (Å²) in [6.45, 7) is 7.51. The van der Waals surface area contributed by atoms with Crippen LogP contribution in [0.3, 0.4) is 0 Å². The molecule has 110 valence electrons. The van der Waals surface area contributed by atoms with Gasteiger partial charge in [-0.05, 0) is 27.4 Å². The highest BCUT2D eigenvalue weighted by Gasteiger charge is 2.07. The molecule has 3 N–H and O–H groups in total. The predicted molar refractivity (Wildman–Crippen MR) is 83.3 cm³/mol. The van der Waals surface area contributed by atoms with Crippen molar-refractivity contribution in [3.63, 3.8) is 0 Å². The van der Waals surface area contributed by atoms with E-state index in [9.17, 15) is 0 Å². The summed E-state index contributed by atoms with van der Waals surface area (Å²) in [7, 11) is 4.12. The lowest BCUT2D eigenvalue weighted by atomic mass is 10.1. The minimum atomic E-state index is 0.334. The lowest BCUT2D eigenvalue weighted by Crippen LogP contribution is -2.45. The molecule has 0 bridgehead atoms. The van der Waals surface area contributed by atoms with Gasteiger partial charge in [0.25, 0.3) is 0 Å². The van der Waals surface area contributed by atoms with Gasteiger partial charge in [-0.15, -0.1) is 6.58 Å². The summed E-state index contributed by atoms with van der Waals surface area (Å²) < 4.78 is 0. The summed E-state index contributed by atoms with van der Waals surface area (Å²) >= 11 is 0. The summed E-state index contributed by atoms with van der Waals surface area (Å²) in [5.74, 6) is 5.46. The number of hydrogen-bond acceptors (Lipinski definition) is 3. The molecule has 0 amide bonds. The van der Waals surface area contributed by atoms with Gasteiger partial charge in [0.2, 0.25) is 0 Å². The maximum atomic E-state index is 5.46. The first-order chi connectivity index (χ1) is 8.63. The maximum Gasteiger partial charge on any atom is 0.0721 e. The molecule has 0 saturated carbocycles. The number of rotatable bonds is 10. The molecule has 0 aliphatic carbocycles. The minimum absolute atomic E-state index is 0.334. The van der Waals surface area contributed by atoms with E-state index in [2.05, 4.69) is 37.9 Å². The Hall–Kier alpha value is -0.380. The summed E-state index contributed by atoms with van der Waals surface area (Å²) in [5, 5.41) is 0. The Morgan fingerprint density at radius 2 is 1.56 bits per heavy atom. The van der Waals surface area contributed by atoms with Crippen LogP contribution in [0.1, 0.15) is 65.2 Å². The van der Waals surface area contributed by atoms with Gasteiger partial charge in [0, 0.05) is 0 Å². The van der Waals surface area contributed by atoms with Crippen LogP contribution in [-0.4, -0.2) is 25.2 Å². The molecule has 0 aromatic rings. The van der Waals surface area contributed by atoms with Gasteiger partial charge in [0.15, 0.2) is 0 Å². The Kier molecular flexibility index (Phi) is 18.4. The van der Waals surface area contributed by atoms with E-state index in [0.29, 0.717) is 6.17 Å². The number of hydrogen-bond donors (Lipinski definition) is 2. The summed E-state index contributed by atoms with van der Waals surface area (Å²) in [6.07, 6.45) is 12.8. The number of allylic oxidation sites excluding steroid dienone is 1. The van der Waals surface area contributed by atoms with Crippen molar-refractivity contribution < 1.29 is 0 Å². The molecule has 0 fully saturated rings. The van der Waals surface area contributed by atoms with E-state index in [1.807, 2.05) is 6.92 Å². The topological polar surface area (TPSA) is 41.3 Å². The van der Waals surface area contributed by atoms with Crippen molar-refractivity contribution in [1.82, 2.24) is 10.3 Å². The van der Waals surface area contributed by atoms with E-state index in [1.165, 1.54) is 44.9 Å². The Morgan fingerprint density at radius 1 is 1.11 bits per heavy atom. The van der Waals surface area contributed by atoms with Crippen LogP contribution in [-0.2, 0) is 0 Å². The zero-order valence-electron chi connectivity index (χ0n) is 13.0. The van der Waals surface area contributed by atoms with E-state index in [0.717, 1.165) is 6.42 Å². The van der Waals surface area contributed by atoms with Crippen molar-refractivity contribution in [2.75, 3.05) is 14.1 Å². The first-order valence-electron chi connectivity index (χ1n) is 7.33. The zero-order chi connectivity index (χ0) is 14.2. The second-order valence-corrected chi connectivity index (χ2v) is 4.96. The molecule has 0 saturated heterocycles. The van der Waals surface area contributed by atoms with E-state index >= 15 is 0 Å². The molecule has 0 aliphatic rings. The lowest BCUT2D eigenvalue weighted by molar-refractivity contribution is 0.229. The average molecular weight is 257 g/mol. The van der Waals surface area contributed by atoms with Crippen LogP contribution >= 0.6 is 0 Å². The van der Waals surface area contributed by atoms with Crippen LogP contribution in [0.25, 0.3) is 0 Å². The molecule has 0 aliphatic heterocycles. The Labute approximate surface area is 115 Å². The largest absolute Gasteiger partial charge is 0.293 e. The molecular formula is C15H35N3. The van der Waals surface area contributed by atoms with E-state index in [1.54, 1.807) is 6.08 Å². The number of hydrazine groups is 1. The van der Waals surface area contributed by atoms with Crippen molar-refractivity contribution in [2.45, 2.75) is 71.4 Å². The van der Waals surface area contributed by atoms with Crippen LogP contribution in [0.4, 0.5) is 0 Å². The van der Waals surface area contributed by atoms with Crippen molar-refractivity contribution in [2.24, 2.45) is 5.84 Å². The van der Waals surface area contributed by atoms with Crippen LogP contribution < -0.4 is 11.3 Å². The summed E-state index contributed by atoms with van der Waals surface area (Å²) in [5.41, 5.74) is 2.84. The third-order valence-corrected chi connectivity index (χ3v) is 2.90. The molecule has 1 unspecified atom stereocenters. The zero-order valence-corrected chi connectivity index (χ0v) is 13.0. The number of nitrogens with zero attached hydrogens (tertiary/aromatic N) is 1. The van der Waals surface area contributed by atoms with Crippen molar-refractivity contribution >= 4 is 0 Å². The van der Waals surface area contributed by atoms with Gasteiger partial charge in [-0.2, -0.15) is 0 Å². The van der Waals surface area contributed by atoms with E-state index < -0.39 is 0 Å². The minimum Gasteiger partial charge on any atom is -0.293 e. The molecule has 0 radical (unpaired) electrons. The van der Waals surface area contributed by atoms with Crippen LogP contribution in [0.5, 0.6) is 0 Å². The van der Waals surface area contributed by atoms with Crippen molar-refractivity contribution in [3.8, 4) is 0 Å². The molecule has 0 rings (SSSR count). The Balaban J connectivity index is 0. The maximum absolute atomic E-state index is 5.46. The Morgan fingerprint density at radius 3 is 1.94 bits per heavy atom. The molecule has 3 nitrogen and oxygen atoms in total. The molecule has 0 heterocycles. The first kappa shape index (κ1) is 19.9. The van der Waals surface area contributed by atoms with Crippen molar-refractivity contribution in [1.29, 1.82) is 0 Å². The van der Waals surface area contributed by atoms with Gasteiger partial charge in [-0.1, -0.05) is 57.9 Å². The van der Waals surface area contributed by atoms with Gasteiger partial charge >= 0.3 is 0 Å². The summed E-state index contributed by atoms with van der Waals surface area (Å²) in [6, 6.07) is 0. The first-order valence-corrected chi connectivity index (χ1v) is 7.33. The smallest absolute Gasteiger partial charge is 0.0721 e. The average Bonchev–Trinajstić information content (AvgIpc) is 2.33. The highest BCUT2D eigenvalue weighted by atomic mass is 15.4. The van der Waals surface area contributed by atoms with Crippen LogP contribution in [0, 0.1) is 0 Å². The summed E-state index contributed by atoms with van der Waals surface area (Å²) in [4.78, 5) is 2.14. The standard InChI is InChI=1S/C12H29N3.C3H6/c1-4-5-6-7-8-9-10-11-12(14-13)15(2)3;1-3-2/h12,14H,4-11,13H2,1-3H3;3H,1H2,2H3. The van der Waals surface area contributed by atoms with Gasteiger partial charge < -0.3 is 0 Å². The predicted octanol–water partition coefficient (Wildman–Crippen LogP) is 3.67. The highest BCUT2D eigenvalue weighted by Crippen LogP contribution is 2.10. The number of nitrogens with one attached hydrogen (secondary N) is 1. The fourth-order valence-electron chi connectivity index (χ4n) is 1.79. The molecule has 3 heteroatoms. The fourth-order valence-corrected chi connectivity index (χ4v) is 1.79. The van der Waals surface area contributed by atoms with Crippen LogP contribution in [0.15, 0.2) is 12.7 Å². The SMILES string of the molecule is C=CC.CCCCCCCCCC(NN)N(C)C. The second kappa shape index (κ2) is 16.6. The lowest BCUT2D eigenvalue weighted by Gasteiger charge is -2.23. The van der Waals surface area contributed by atoms with Gasteiger partial charge in [0.05, 0.1) is 6.17 Å². The molecule has 18 heavy (non-hydrogen) atoms. The second-order valence-electron chi connectivity index (χ2n) is 4.96. The Bertz CT molecular complexity index is 158. The molecule has 0 aromatic carbocycles. The normalized spacial score (nSPS) is 11.9. The number of unbranched alkanes of at least 4 members (excludes halogenated alkanes) is 6. The molecule has 0 spiro atoms. The van der Waals surface area contributed by atoms with E-state index in [4.69, 9.17) is 5.84 Å². The quantitative estimate of drug-likeness (QED) is 0.206. The van der Waals surface area contributed by atoms with Crippen LogP contribution in [0.2, 0.25) is 0 Å². The van der Waals surface area contributed by atoms with Gasteiger partial charge in [-0.25, -0.2) is 5.43 Å². The van der Waals surface area contributed by atoms with Crippen molar-refractivity contribution in [3.05, 3.63) is 12.7 Å². The molecular weight excluding hydrogens is 222 g/mol. The fraction of sp³-hybridized carbons (Fsp3) is 0.867. The third-order valence-electron chi connectivity index (χ3n) is 2.90. The highest BCUT2D eigenvalue weighted by molar-refractivity contribution is 4.59. The molecule has 0 aromatic heterocycles. The molecule has 1 atom stereocenters. The van der Waals surface area contributed by atoms with Gasteiger partial charge in [0.1, 0.15) is 0 Å². The third kappa shape index (κ3) is 15.6.